The van der Waals surface area contributed by atoms with E-state index in [0.29, 0.717) is 0 Å². The molecule has 158 valence electrons. The Morgan fingerprint density at radius 2 is 1.33 bits per heavy atom. The highest BCUT2D eigenvalue weighted by molar-refractivity contribution is 7.86. The topological polar surface area (TPSA) is 61.1 Å². The molecule has 0 unspecified atom stereocenters. The first-order valence-corrected chi connectivity index (χ1v) is 11.0. The Hall–Kier alpha value is -1.15. The van der Waals surface area contributed by atoms with Crippen LogP contribution in [0.5, 0.6) is 0 Å². The molecule has 0 spiro atoms. The highest BCUT2D eigenvalue weighted by Crippen LogP contribution is 2.20. The van der Waals surface area contributed by atoms with Gasteiger partial charge in [-0.2, -0.15) is 13.2 Å². The standard InChI is InChI=1S/C18H32N.CHF3O3S/c1-3-5-6-7-8-9-10-11-15-19-16-13-18(12-4-2)14-17-19;2-1(3,4)8(5,6)7/h13-14,16-17H,3-12,15H2,1-2H3;(H,5,6,7)/q+1;/p-1. The van der Waals surface area contributed by atoms with Gasteiger partial charge in [-0.15, -0.1) is 0 Å². The third-order valence-electron chi connectivity index (χ3n) is 4.05. The molecule has 0 radical (unpaired) electrons. The number of alkyl halides is 3. The van der Waals surface area contributed by atoms with Crippen LogP contribution in [0.15, 0.2) is 24.5 Å². The summed E-state index contributed by atoms with van der Waals surface area (Å²) in [6.45, 7) is 5.70. The molecule has 1 aromatic rings. The molecule has 1 rings (SSSR count). The largest absolute Gasteiger partial charge is 0.741 e. The number of nitrogens with zero attached hydrogens (tertiary/aromatic N) is 1. The molecule has 0 bridgehead atoms. The van der Waals surface area contributed by atoms with E-state index in [-0.39, 0.29) is 0 Å². The van der Waals surface area contributed by atoms with Gasteiger partial charge in [-0.05, 0) is 18.4 Å². The van der Waals surface area contributed by atoms with Gasteiger partial charge < -0.3 is 4.55 Å². The van der Waals surface area contributed by atoms with Gasteiger partial charge in [0.15, 0.2) is 22.5 Å². The van der Waals surface area contributed by atoms with E-state index in [1.807, 2.05) is 0 Å². The predicted octanol–water partition coefficient (Wildman–Crippen LogP) is 5.12. The molecule has 0 aliphatic rings. The van der Waals surface area contributed by atoms with Crippen molar-refractivity contribution in [2.24, 2.45) is 0 Å². The minimum absolute atomic E-state index is 1.18. The van der Waals surface area contributed by atoms with E-state index >= 15 is 0 Å². The molecule has 1 heterocycles. The molecule has 8 heteroatoms. The number of rotatable bonds is 11. The summed E-state index contributed by atoms with van der Waals surface area (Å²) in [6, 6.07) is 4.54. The van der Waals surface area contributed by atoms with Crippen LogP contribution in [0.25, 0.3) is 0 Å². The number of aryl methyl sites for hydroxylation is 2. The molecule has 0 saturated heterocycles. The Kier molecular flexibility index (Phi) is 13.3. The van der Waals surface area contributed by atoms with Crippen molar-refractivity contribution in [3.05, 3.63) is 30.1 Å². The normalized spacial score (nSPS) is 11.8. The van der Waals surface area contributed by atoms with Crippen LogP contribution in [0.4, 0.5) is 13.2 Å². The summed E-state index contributed by atoms with van der Waals surface area (Å²) >= 11 is 0. The monoisotopic (exact) mass is 411 g/mol. The second-order valence-corrected chi connectivity index (χ2v) is 7.94. The zero-order valence-corrected chi connectivity index (χ0v) is 17.1. The number of hydrogen-bond acceptors (Lipinski definition) is 3. The predicted molar refractivity (Wildman–Crippen MR) is 99.0 cm³/mol. The fourth-order valence-electron chi connectivity index (χ4n) is 2.52. The molecule has 0 saturated carbocycles. The first-order chi connectivity index (χ1) is 12.6. The third-order valence-corrected chi connectivity index (χ3v) is 4.62. The number of hydrogen-bond donors (Lipinski definition) is 0. The number of aromatic nitrogens is 1. The van der Waals surface area contributed by atoms with Crippen molar-refractivity contribution in [3.8, 4) is 0 Å². The van der Waals surface area contributed by atoms with Gasteiger partial charge in [0.1, 0.15) is 6.54 Å². The van der Waals surface area contributed by atoms with Crippen molar-refractivity contribution in [1.29, 1.82) is 0 Å². The molecular formula is C19H32F3NO3S. The molecule has 0 aliphatic carbocycles. The summed E-state index contributed by atoms with van der Waals surface area (Å²) in [6.07, 6.45) is 18.1. The Labute approximate surface area is 161 Å². The van der Waals surface area contributed by atoms with E-state index in [9.17, 15) is 13.2 Å². The maximum absolute atomic E-state index is 10.7. The van der Waals surface area contributed by atoms with Crippen LogP contribution in [0.1, 0.15) is 77.2 Å². The Morgan fingerprint density at radius 3 is 1.74 bits per heavy atom. The molecule has 0 aromatic carbocycles. The van der Waals surface area contributed by atoms with Crippen LogP contribution in [-0.2, 0) is 23.1 Å². The van der Waals surface area contributed by atoms with E-state index in [4.69, 9.17) is 13.0 Å². The van der Waals surface area contributed by atoms with Crippen LogP contribution in [0, 0.1) is 0 Å². The number of pyridine rings is 1. The maximum atomic E-state index is 10.7. The first-order valence-electron chi connectivity index (χ1n) is 9.62. The van der Waals surface area contributed by atoms with E-state index in [0.717, 1.165) is 0 Å². The van der Waals surface area contributed by atoms with Crippen LogP contribution in [0.2, 0.25) is 0 Å². The Morgan fingerprint density at radius 1 is 0.889 bits per heavy atom. The van der Waals surface area contributed by atoms with Crippen molar-refractivity contribution >= 4 is 10.1 Å². The van der Waals surface area contributed by atoms with Crippen LogP contribution >= 0.6 is 0 Å². The molecule has 4 nitrogen and oxygen atoms in total. The molecule has 27 heavy (non-hydrogen) atoms. The van der Waals surface area contributed by atoms with Crippen molar-refractivity contribution in [3.63, 3.8) is 0 Å². The lowest BCUT2D eigenvalue weighted by atomic mass is 10.1. The molecule has 0 amide bonds. The zero-order valence-electron chi connectivity index (χ0n) is 16.3. The Bertz CT molecular complexity index is 587. The summed E-state index contributed by atoms with van der Waals surface area (Å²) < 4.78 is 61.2. The third kappa shape index (κ3) is 13.6. The minimum Gasteiger partial charge on any atom is -0.741 e. The van der Waals surface area contributed by atoms with E-state index < -0.39 is 15.6 Å². The molecular weight excluding hydrogens is 379 g/mol. The maximum Gasteiger partial charge on any atom is 0.485 e. The summed E-state index contributed by atoms with van der Waals surface area (Å²) in [4.78, 5) is 0. The average Bonchev–Trinajstić information content (AvgIpc) is 2.58. The molecule has 0 fully saturated rings. The van der Waals surface area contributed by atoms with Crippen molar-refractivity contribution in [1.82, 2.24) is 0 Å². The zero-order chi connectivity index (χ0) is 20.8. The average molecular weight is 412 g/mol. The quantitative estimate of drug-likeness (QED) is 0.220. The summed E-state index contributed by atoms with van der Waals surface area (Å²) in [5.41, 5.74) is -4.18. The second-order valence-electron chi connectivity index (χ2n) is 6.57. The van der Waals surface area contributed by atoms with Gasteiger partial charge in [-0.25, -0.2) is 13.0 Å². The summed E-state index contributed by atoms with van der Waals surface area (Å²) in [5, 5.41) is 0. The van der Waals surface area contributed by atoms with E-state index in [2.05, 4.69) is 42.9 Å². The highest BCUT2D eigenvalue weighted by Gasteiger charge is 2.36. The van der Waals surface area contributed by atoms with Crippen LogP contribution in [-0.4, -0.2) is 18.5 Å². The van der Waals surface area contributed by atoms with E-state index in [1.165, 1.54) is 76.3 Å². The fraction of sp³-hybridized carbons (Fsp3) is 0.737. The lowest BCUT2D eigenvalue weighted by Crippen LogP contribution is -2.32. The Balaban J connectivity index is 0.000000713. The van der Waals surface area contributed by atoms with Gasteiger partial charge in [-0.1, -0.05) is 58.8 Å². The molecule has 0 aliphatic heterocycles. The van der Waals surface area contributed by atoms with Crippen molar-refractivity contribution in [2.75, 3.05) is 0 Å². The molecule has 0 atom stereocenters. The van der Waals surface area contributed by atoms with Gasteiger partial charge in [0.25, 0.3) is 0 Å². The van der Waals surface area contributed by atoms with Gasteiger partial charge in [0.2, 0.25) is 0 Å². The highest BCUT2D eigenvalue weighted by atomic mass is 32.2. The number of halogens is 3. The van der Waals surface area contributed by atoms with Gasteiger partial charge in [0, 0.05) is 18.6 Å². The number of unbranched alkanes of at least 4 members (excludes halogenated alkanes) is 7. The molecule has 1 aromatic heterocycles. The fourth-order valence-corrected chi connectivity index (χ4v) is 2.52. The second kappa shape index (κ2) is 13.9. The smallest absolute Gasteiger partial charge is 0.485 e. The van der Waals surface area contributed by atoms with Gasteiger partial charge >= 0.3 is 5.51 Å². The molecule has 0 N–H and O–H groups in total. The minimum atomic E-state index is -6.09. The summed E-state index contributed by atoms with van der Waals surface area (Å²) in [7, 11) is -6.09. The lowest BCUT2D eigenvalue weighted by Gasteiger charge is -2.08. The van der Waals surface area contributed by atoms with Crippen LogP contribution in [0.3, 0.4) is 0 Å². The van der Waals surface area contributed by atoms with Crippen molar-refractivity contribution < 1.29 is 30.7 Å². The van der Waals surface area contributed by atoms with Crippen molar-refractivity contribution in [2.45, 2.75) is 90.1 Å². The van der Waals surface area contributed by atoms with Crippen LogP contribution < -0.4 is 4.57 Å². The lowest BCUT2D eigenvalue weighted by molar-refractivity contribution is -0.697. The first kappa shape index (κ1) is 25.9. The van der Waals surface area contributed by atoms with Gasteiger partial charge in [0.05, 0.1) is 0 Å². The van der Waals surface area contributed by atoms with Gasteiger partial charge in [-0.3, -0.25) is 0 Å². The summed E-state index contributed by atoms with van der Waals surface area (Å²) in [5.74, 6) is 0. The SMILES string of the molecule is CCCCCCCCCC[n+]1ccc(CCC)cc1.O=S(=O)([O-])C(F)(F)F. The van der Waals surface area contributed by atoms with E-state index in [1.54, 1.807) is 0 Å².